The van der Waals surface area contributed by atoms with Crippen LogP contribution in [0.5, 0.6) is 11.5 Å². The van der Waals surface area contributed by atoms with Gasteiger partial charge in [0, 0.05) is 6.07 Å². The molecule has 2 aromatic rings. The number of benzene rings is 1. The lowest BCUT2D eigenvalue weighted by molar-refractivity contribution is 0.0963. The van der Waals surface area contributed by atoms with Gasteiger partial charge < -0.3 is 9.47 Å². The van der Waals surface area contributed by atoms with Gasteiger partial charge in [-0.15, -0.1) is 13.2 Å². The van der Waals surface area contributed by atoms with E-state index in [1.165, 1.54) is 38.5 Å². The topological polar surface area (TPSA) is 102 Å². The lowest BCUT2D eigenvalue weighted by Gasteiger charge is -2.13. The molecule has 0 N–H and O–H groups in total. The highest BCUT2D eigenvalue weighted by molar-refractivity contribution is 5.98. The molecule has 0 fully saturated rings. The molecule has 0 bridgehead atoms. The maximum atomic E-state index is 12.8. The molecular formula is C19H21N3O6. The van der Waals surface area contributed by atoms with E-state index in [0.29, 0.717) is 10.3 Å². The van der Waals surface area contributed by atoms with Gasteiger partial charge in [-0.05, 0) is 12.1 Å². The van der Waals surface area contributed by atoms with E-state index in [1.54, 1.807) is 6.07 Å². The van der Waals surface area contributed by atoms with Gasteiger partial charge in [-0.2, -0.15) is 0 Å². The van der Waals surface area contributed by atoms with Gasteiger partial charge in [0.2, 0.25) is 0 Å². The standard InChI is InChI=1S/C19H21N3O6/c1-5-9-20-17(24)21(10-6-2)19(26)22(18(20)25)12-15(23)14-8-7-13(27-3)11-16(14)28-4/h5-8,11H,1-2,9-10,12H2,3-4H3. The normalized spacial score (nSPS) is 10.4. The van der Waals surface area contributed by atoms with Crippen molar-refractivity contribution < 1.29 is 14.3 Å². The van der Waals surface area contributed by atoms with E-state index in [9.17, 15) is 19.2 Å². The average molecular weight is 387 g/mol. The fourth-order valence-electron chi connectivity index (χ4n) is 2.65. The number of methoxy groups -OCH3 is 2. The van der Waals surface area contributed by atoms with Crippen LogP contribution in [0.25, 0.3) is 0 Å². The molecule has 0 amide bonds. The predicted octanol–water partition coefficient (Wildman–Crippen LogP) is 0.444. The van der Waals surface area contributed by atoms with Crippen molar-refractivity contribution >= 4 is 5.78 Å². The molecule has 1 aromatic heterocycles. The molecule has 148 valence electrons. The third-order valence-corrected chi connectivity index (χ3v) is 4.02. The summed E-state index contributed by atoms with van der Waals surface area (Å²) in [5, 5.41) is 0. The van der Waals surface area contributed by atoms with Gasteiger partial charge >= 0.3 is 17.1 Å². The predicted molar refractivity (Wildman–Crippen MR) is 103 cm³/mol. The van der Waals surface area contributed by atoms with Crippen LogP contribution in [-0.2, 0) is 19.6 Å². The first-order valence-electron chi connectivity index (χ1n) is 8.31. The summed E-state index contributed by atoms with van der Waals surface area (Å²) in [6, 6.07) is 4.56. The molecule has 0 aliphatic carbocycles. The van der Waals surface area contributed by atoms with Crippen LogP contribution in [0, 0.1) is 0 Å². The number of rotatable bonds is 9. The number of carbonyl (C=O) groups is 1. The highest BCUT2D eigenvalue weighted by atomic mass is 16.5. The molecule has 9 heteroatoms. The van der Waals surface area contributed by atoms with Gasteiger partial charge in [0.1, 0.15) is 11.5 Å². The van der Waals surface area contributed by atoms with E-state index in [1.807, 2.05) is 0 Å². The second-order valence-corrected chi connectivity index (χ2v) is 5.72. The van der Waals surface area contributed by atoms with Gasteiger partial charge in [0.15, 0.2) is 5.78 Å². The van der Waals surface area contributed by atoms with Crippen LogP contribution in [0.4, 0.5) is 0 Å². The Kier molecular flexibility index (Phi) is 6.54. The number of hydrogen-bond donors (Lipinski definition) is 0. The van der Waals surface area contributed by atoms with Crippen molar-refractivity contribution in [2.75, 3.05) is 14.2 Å². The summed E-state index contributed by atoms with van der Waals surface area (Å²) in [5.41, 5.74) is -2.40. The Labute approximate surface area is 160 Å². The number of aromatic nitrogens is 3. The van der Waals surface area contributed by atoms with E-state index < -0.39 is 29.4 Å². The van der Waals surface area contributed by atoms with Crippen molar-refractivity contribution in [3.63, 3.8) is 0 Å². The van der Waals surface area contributed by atoms with Crippen LogP contribution in [0.2, 0.25) is 0 Å². The molecule has 0 aliphatic heterocycles. The van der Waals surface area contributed by atoms with Gasteiger partial charge in [0.25, 0.3) is 0 Å². The maximum absolute atomic E-state index is 12.8. The van der Waals surface area contributed by atoms with Crippen molar-refractivity contribution in [3.05, 3.63) is 80.5 Å². The van der Waals surface area contributed by atoms with E-state index in [-0.39, 0.29) is 24.4 Å². The zero-order valence-corrected chi connectivity index (χ0v) is 15.7. The summed E-state index contributed by atoms with van der Waals surface area (Å²) in [5.74, 6) is 0.189. The maximum Gasteiger partial charge on any atom is 0.337 e. The number of ether oxygens (including phenoxy) is 2. The molecule has 1 heterocycles. The van der Waals surface area contributed by atoms with E-state index >= 15 is 0 Å². The number of ketones is 1. The first-order valence-corrected chi connectivity index (χ1v) is 8.31. The van der Waals surface area contributed by atoms with Crippen LogP contribution < -0.4 is 26.5 Å². The molecule has 0 aliphatic rings. The van der Waals surface area contributed by atoms with E-state index in [2.05, 4.69) is 13.2 Å². The Morgan fingerprint density at radius 1 is 0.929 bits per heavy atom. The first-order chi connectivity index (χ1) is 13.4. The SMILES string of the molecule is C=CCn1c(=O)n(CC=C)c(=O)n(CC(=O)c2ccc(OC)cc2OC)c1=O. The number of nitrogens with zero attached hydrogens (tertiary/aromatic N) is 3. The second kappa shape index (κ2) is 8.85. The van der Waals surface area contributed by atoms with E-state index in [0.717, 1.165) is 9.13 Å². The van der Waals surface area contributed by atoms with Crippen LogP contribution in [0.15, 0.2) is 57.9 Å². The number of allylic oxidation sites excluding steroid dienone is 2. The average Bonchev–Trinajstić information content (AvgIpc) is 2.71. The molecule has 28 heavy (non-hydrogen) atoms. The second-order valence-electron chi connectivity index (χ2n) is 5.72. The highest BCUT2D eigenvalue weighted by Crippen LogP contribution is 2.25. The number of Topliss-reactive ketones (excluding diaryl/α,β-unsaturated/α-hetero) is 1. The molecular weight excluding hydrogens is 366 g/mol. The Morgan fingerprint density at radius 2 is 1.46 bits per heavy atom. The molecule has 0 atom stereocenters. The molecule has 2 rings (SSSR count). The summed E-state index contributed by atoms with van der Waals surface area (Å²) in [6.07, 6.45) is 2.70. The summed E-state index contributed by atoms with van der Waals surface area (Å²) >= 11 is 0. The van der Waals surface area contributed by atoms with Gasteiger partial charge in [-0.1, -0.05) is 12.2 Å². The fraction of sp³-hybridized carbons (Fsp3) is 0.263. The molecule has 0 radical (unpaired) electrons. The molecule has 1 aromatic carbocycles. The summed E-state index contributed by atoms with van der Waals surface area (Å²) in [6.45, 7) is 6.24. The number of hydrogen-bond acceptors (Lipinski definition) is 6. The zero-order chi connectivity index (χ0) is 20.8. The van der Waals surface area contributed by atoms with E-state index in [4.69, 9.17) is 9.47 Å². The van der Waals surface area contributed by atoms with Crippen molar-refractivity contribution in [3.8, 4) is 11.5 Å². The molecule has 0 saturated heterocycles. The minimum Gasteiger partial charge on any atom is -0.497 e. The largest absolute Gasteiger partial charge is 0.497 e. The van der Waals surface area contributed by atoms with Crippen LogP contribution in [-0.4, -0.2) is 33.7 Å². The monoisotopic (exact) mass is 387 g/mol. The quantitative estimate of drug-likeness (QED) is 0.457. The van der Waals surface area contributed by atoms with Crippen molar-refractivity contribution in [1.29, 1.82) is 0 Å². The third kappa shape index (κ3) is 3.88. The van der Waals surface area contributed by atoms with Gasteiger partial charge in [0.05, 0.1) is 39.4 Å². The molecule has 0 unspecified atom stereocenters. The lowest BCUT2D eigenvalue weighted by atomic mass is 10.1. The van der Waals surface area contributed by atoms with Crippen molar-refractivity contribution in [2.24, 2.45) is 0 Å². The summed E-state index contributed by atoms with van der Waals surface area (Å²) < 4.78 is 12.7. The smallest absolute Gasteiger partial charge is 0.337 e. The molecule has 9 nitrogen and oxygen atoms in total. The third-order valence-electron chi connectivity index (χ3n) is 4.02. The zero-order valence-electron chi connectivity index (χ0n) is 15.7. The molecule has 0 spiro atoms. The Bertz CT molecular complexity index is 1040. The lowest BCUT2D eigenvalue weighted by Crippen LogP contribution is -2.55. The van der Waals surface area contributed by atoms with Crippen LogP contribution in [0.3, 0.4) is 0 Å². The summed E-state index contributed by atoms with van der Waals surface area (Å²) in [4.78, 5) is 50.4. The Balaban J connectivity index is 2.60. The molecule has 0 saturated carbocycles. The van der Waals surface area contributed by atoms with Crippen molar-refractivity contribution in [2.45, 2.75) is 19.6 Å². The van der Waals surface area contributed by atoms with Gasteiger partial charge in [-0.25, -0.2) is 28.1 Å². The Hall–Kier alpha value is -3.62. The Morgan fingerprint density at radius 3 is 1.93 bits per heavy atom. The first kappa shape index (κ1) is 20.7. The highest BCUT2D eigenvalue weighted by Gasteiger charge is 2.19. The fourth-order valence-corrected chi connectivity index (χ4v) is 2.65. The van der Waals surface area contributed by atoms with Gasteiger partial charge in [-0.3, -0.25) is 4.79 Å². The minimum absolute atomic E-state index is 0.102. The summed E-state index contributed by atoms with van der Waals surface area (Å²) in [7, 11) is 2.86. The van der Waals surface area contributed by atoms with Crippen molar-refractivity contribution in [1.82, 2.24) is 13.7 Å². The number of carbonyl (C=O) groups excluding carboxylic acids is 1. The van der Waals surface area contributed by atoms with Crippen LogP contribution in [0.1, 0.15) is 10.4 Å². The minimum atomic E-state index is -0.893. The van der Waals surface area contributed by atoms with Crippen LogP contribution >= 0.6 is 0 Å².